The van der Waals surface area contributed by atoms with Crippen molar-refractivity contribution in [2.24, 2.45) is 0 Å². The van der Waals surface area contributed by atoms with Gasteiger partial charge in [0.1, 0.15) is 5.58 Å². The van der Waals surface area contributed by atoms with Crippen molar-refractivity contribution in [1.82, 2.24) is 19.8 Å². The van der Waals surface area contributed by atoms with E-state index in [1.165, 1.54) is 0 Å². The highest BCUT2D eigenvalue weighted by molar-refractivity contribution is 6.07. The van der Waals surface area contributed by atoms with Crippen LogP contribution in [-0.2, 0) is 6.54 Å². The molecule has 3 aromatic heterocycles. The first kappa shape index (κ1) is 23.1. The molecule has 1 aliphatic heterocycles. The number of rotatable bonds is 4. The molecule has 0 atom stereocenters. The fourth-order valence-corrected chi connectivity index (χ4v) is 5.00. The molecule has 0 radical (unpaired) electrons. The Bertz CT molecular complexity index is 1670. The summed E-state index contributed by atoms with van der Waals surface area (Å²) < 4.78 is 5.41. The Labute approximate surface area is 214 Å². The minimum atomic E-state index is -0.337. The van der Waals surface area contributed by atoms with Gasteiger partial charge in [-0.15, -0.1) is 0 Å². The Morgan fingerprint density at radius 3 is 2.59 bits per heavy atom. The highest BCUT2D eigenvalue weighted by Crippen LogP contribution is 2.26. The highest BCUT2D eigenvalue weighted by atomic mass is 16.4. The van der Waals surface area contributed by atoms with Gasteiger partial charge in [0, 0.05) is 67.5 Å². The minimum absolute atomic E-state index is 0.00432. The van der Waals surface area contributed by atoms with Gasteiger partial charge in [-0.05, 0) is 48.4 Å². The van der Waals surface area contributed by atoms with Gasteiger partial charge in [0.25, 0.3) is 5.91 Å². The summed E-state index contributed by atoms with van der Waals surface area (Å²) in [6.45, 7) is 5.27. The van der Waals surface area contributed by atoms with Crippen LogP contribution in [0.4, 0.5) is 0 Å². The van der Waals surface area contributed by atoms with Crippen molar-refractivity contribution in [2.75, 3.05) is 26.2 Å². The van der Waals surface area contributed by atoms with E-state index in [1.807, 2.05) is 72.5 Å². The molecule has 0 spiro atoms. The average Bonchev–Trinajstić information content (AvgIpc) is 2.92. The zero-order chi connectivity index (χ0) is 25.4. The minimum Gasteiger partial charge on any atom is -0.423 e. The van der Waals surface area contributed by atoms with Crippen LogP contribution in [0.5, 0.6) is 0 Å². The van der Waals surface area contributed by atoms with Crippen molar-refractivity contribution in [2.45, 2.75) is 13.5 Å². The Morgan fingerprint density at radius 1 is 0.946 bits per heavy atom. The summed E-state index contributed by atoms with van der Waals surface area (Å²) in [7, 11) is 0. The van der Waals surface area contributed by atoms with Crippen LogP contribution in [0.1, 0.15) is 21.5 Å². The maximum atomic E-state index is 13.7. The Kier molecular flexibility index (Phi) is 5.98. The van der Waals surface area contributed by atoms with Crippen LogP contribution in [0.15, 0.2) is 88.3 Å². The van der Waals surface area contributed by atoms with E-state index in [0.717, 1.165) is 51.8 Å². The van der Waals surface area contributed by atoms with E-state index in [-0.39, 0.29) is 11.5 Å². The first-order chi connectivity index (χ1) is 18.0. The van der Waals surface area contributed by atoms with E-state index in [1.54, 1.807) is 18.5 Å². The number of pyridine rings is 2. The zero-order valence-corrected chi connectivity index (χ0v) is 20.6. The van der Waals surface area contributed by atoms with E-state index in [2.05, 4.69) is 9.88 Å². The largest absolute Gasteiger partial charge is 0.423 e. The van der Waals surface area contributed by atoms with Gasteiger partial charge >= 0.3 is 5.63 Å². The van der Waals surface area contributed by atoms with E-state index in [4.69, 9.17) is 9.40 Å². The summed E-state index contributed by atoms with van der Waals surface area (Å²) in [6.07, 6.45) is 3.49. The molecule has 7 heteroatoms. The zero-order valence-electron chi connectivity index (χ0n) is 20.6. The molecule has 0 bridgehead atoms. The van der Waals surface area contributed by atoms with E-state index in [9.17, 15) is 9.59 Å². The summed E-state index contributed by atoms with van der Waals surface area (Å²) in [5, 5.41) is 1.80. The second-order valence-corrected chi connectivity index (χ2v) is 9.47. The van der Waals surface area contributed by atoms with Gasteiger partial charge in [0.15, 0.2) is 0 Å². The first-order valence-electron chi connectivity index (χ1n) is 12.4. The number of fused-ring (bicyclic) bond motifs is 2. The molecule has 1 amide bonds. The van der Waals surface area contributed by atoms with Gasteiger partial charge < -0.3 is 9.32 Å². The number of benzene rings is 2. The van der Waals surface area contributed by atoms with Crippen molar-refractivity contribution in [3.63, 3.8) is 0 Å². The molecular formula is C30H26N4O3. The fourth-order valence-electron chi connectivity index (χ4n) is 5.00. The van der Waals surface area contributed by atoms with Gasteiger partial charge in [-0.2, -0.15) is 0 Å². The van der Waals surface area contributed by atoms with Gasteiger partial charge in [-0.1, -0.05) is 30.3 Å². The lowest BCUT2D eigenvalue weighted by molar-refractivity contribution is 0.0630. The van der Waals surface area contributed by atoms with Crippen LogP contribution in [-0.4, -0.2) is 51.9 Å². The SMILES string of the molecule is Cc1ccc2c(CN3CCN(C(=O)c4cc(-c5cccnc5)nc5ccccc45)CC3)cc(=O)oc2c1. The molecule has 4 heterocycles. The van der Waals surface area contributed by atoms with Crippen LogP contribution in [0.3, 0.4) is 0 Å². The normalized spacial score (nSPS) is 14.4. The summed E-state index contributed by atoms with van der Waals surface area (Å²) >= 11 is 0. The molecule has 0 saturated carbocycles. The second kappa shape index (κ2) is 9.59. The topological polar surface area (TPSA) is 79.5 Å². The van der Waals surface area contributed by atoms with Crippen molar-refractivity contribution in [1.29, 1.82) is 0 Å². The second-order valence-electron chi connectivity index (χ2n) is 9.47. The molecule has 184 valence electrons. The molecule has 7 nitrogen and oxygen atoms in total. The third-order valence-corrected chi connectivity index (χ3v) is 6.94. The molecule has 0 N–H and O–H groups in total. The summed E-state index contributed by atoms with van der Waals surface area (Å²) in [6, 6.07) is 21.0. The van der Waals surface area contributed by atoms with Gasteiger partial charge in [-0.3, -0.25) is 14.7 Å². The standard InChI is InChI=1S/C30H26N4O3/c1-20-8-9-23-22(16-29(35)37-28(23)15-20)19-33-11-13-34(14-12-33)30(36)25-17-27(21-5-4-10-31-18-21)32-26-7-3-2-6-24(25)26/h2-10,15-18H,11-14,19H2,1H3. The summed E-state index contributed by atoms with van der Waals surface area (Å²) in [5.74, 6) is 0.00432. The number of hydrogen-bond acceptors (Lipinski definition) is 6. The van der Waals surface area contributed by atoms with Crippen molar-refractivity contribution in [3.05, 3.63) is 106 Å². The first-order valence-corrected chi connectivity index (χ1v) is 12.4. The molecule has 37 heavy (non-hydrogen) atoms. The number of para-hydroxylation sites is 1. The molecular weight excluding hydrogens is 464 g/mol. The van der Waals surface area contributed by atoms with E-state index < -0.39 is 0 Å². The van der Waals surface area contributed by atoms with Crippen molar-refractivity contribution < 1.29 is 9.21 Å². The number of aromatic nitrogens is 2. The number of carbonyl (C=O) groups is 1. The summed E-state index contributed by atoms with van der Waals surface area (Å²) in [4.78, 5) is 39.0. The number of aryl methyl sites for hydroxylation is 1. The smallest absolute Gasteiger partial charge is 0.336 e. The number of piperazine rings is 1. The predicted octanol–water partition coefficient (Wildman–Crippen LogP) is 4.67. The van der Waals surface area contributed by atoms with Crippen LogP contribution in [0.25, 0.3) is 33.1 Å². The maximum absolute atomic E-state index is 13.7. The molecule has 1 aliphatic rings. The Hall–Kier alpha value is -4.36. The monoisotopic (exact) mass is 490 g/mol. The quantitative estimate of drug-likeness (QED) is 0.341. The molecule has 6 rings (SSSR count). The third-order valence-electron chi connectivity index (χ3n) is 6.94. The van der Waals surface area contributed by atoms with Crippen LogP contribution >= 0.6 is 0 Å². The molecule has 0 unspecified atom stereocenters. The Morgan fingerprint density at radius 2 is 1.78 bits per heavy atom. The number of carbonyl (C=O) groups excluding carboxylic acids is 1. The lowest BCUT2D eigenvalue weighted by Gasteiger charge is -2.35. The lowest BCUT2D eigenvalue weighted by Crippen LogP contribution is -2.48. The molecule has 0 aliphatic carbocycles. The lowest BCUT2D eigenvalue weighted by atomic mass is 10.0. The average molecular weight is 491 g/mol. The van der Waals surface area contributed by atoms with Crippen molar-refractivity contribution in [3.8, 4) is 11.3 Å². The summed E-state index contributed by atoms with van der Waals surface area (Å²) in [5.41, 5.74) is 5.33. The van der Waals surface area contributed by atoms with Gasteiger partial charge in [0.05, 0.1) is 16.8 Å². The van der Waals surface area contributed by atoms with E-state index >= 15 is 0 Å². The predicted molar refractivity (Wildman–Crippen MR) is 143 cm³/mol. The van der Waals surface area contributed by atoms with Gasteiger partial charge in [-0.25, -0.2) is 9.78 Å². The van der Waals surface area contributed by atoms with Crippen LogP contribution in [0.2, 0.25) is 0 Å². The van der Waals surface area contributed by atoms with E-state index in [0.29, 0.717) is 30.8 Å². The van der Waals surface area contributed by atoms with Crippen LogP contribution in [0, 0.1) is 6.92 Å². The Balaban J connectivity index is 1.23. The van der Waals surface area contributed by atoms with Crippen LogP contribution < -0.4 is 5.63 Å². The number of hydrogen-bond donors (Lipinski definition) is 0. The molecule has 5 aromatic rings. The number of amides is 1. The maximum Gasteiger partial charge on any atom is 0.336 e. The molecule has 1 fully saturated rings. The fraction of sp³-hybridized carbons (Fsp3) is 0.200. The third kappa shape index (κ3) is 4.61. The highest BCUT2D eigenvalue weighted by Gasteiger charge is 2.25. The van der Waals surface area contributed by atoms with Crippen molar-refractivity contribution >= 4 is 27.8 Å². The number of nitrogens with zero attached hydrogens (tertiary/aromatic N) is 4. The molecule has 1 saturated heterocycles. The van der Waals surface area contributed by atoms with Gasteiger partial charge in [0.2, 0.25) is 0 Å². The molecule has 2 aromatic carbocycles.